The van der Waals surface area contributed by atoms with Gasteiger partial charge in [-0.15, -0.1) is 0 Å². The predicted octanol–water partition coefficient (Wildman–Crippen LogP) is 3.35. The van der Waals surface area contributed by atoms with E-state index >= 15 is 0 Å². The van der Waals surface area contributed by atoms with Crippen molar-refractivity contribution in [2.75, 3.05) is 14.1 Å². The third-order valence-electron chi connectivity index (χ3n) is 2.52. The second-order valence-electron chi connectivity index (χ2n) is 4.12. The number of allylic oxidation sites excluding steroid dienone is 2. The molecule has 0 amide bonds. The number of benzene rings is 1. The average molecular weight is 257 g/mol. The van der Waals surface area contributed by atoms with Crippen LogP contribution >= 0.6 is 0 Å². The molecule has 0 aliphatic rings. The largest absolute Gasteiger partial charge is 0.416 e. The van der Waals surface area contributed by atoms with Gasteiger partial charge in [0.15, 0.2) is 5.78 Å². The van der Waals surface area contributed by atoms with Crippen molar-refractivity contribution < 1.29 is 18.0 Å². The number of ketones is 1. The zero-order chi connectivity index (χ0) is 13.9. The molecule has 1 aromatic rings. The number of carbonyl (C=O) groups is 1. The topological polar surface area (TPSA) is 20.3 Å². The molecule has 0 N–H and O–H groups in total. The first kappa shape index (κ1) is 14.3. The molecule has 5 heteroatoms. The molecule has 0 bridgehead atoms. The molecule has 0 saturated heterocycles. The van der Waals surface area contributed by atoms with Crippen LogP contribution in [-0.4, -0.2) is 24.8 Å². The van der Waals surface area contributed by atoms with Crippen LogP contribution < -0.4 is 0 Å². The van der Waals surface area contributed by atoms with Crippen molar-refractivity contribution >= 4 is 5.78 Å². The molecular formula is C13H14F3NO. The first-order chi connectivity index (χ1) is 8.21. The normalized spacial score (nSPS) is 12.4. The highest BCUT2D eigenvalue weighted by Crippen LogP contribution is 2.29. The van der Waals surface area contributed by atoms with Crippen molar-refractivity contribution in [3.8, 4) is 0 Å². The van der Waals surface area contributed by atoms with Gasteiger partial charge in [-0.2, -0.15) is 13.2 Å². The third kappa shape index (κ3) is 3.61. The van der Waals surface area contributed by atoms with Gasteiger partial charge in [0, 0.05) is 31.4 Å². The Labute approximate surface area is 104 Å². The Morgan fingerprint density at radius 3 is 2.39 bits per heavy atom. The predicted molar refractivity (Wildman–Crippen MR) is 63.2 cm³/mol. The van der Waals surface area contributed by atoms with Gasteiger partial charge in [0.2, 0.25) is 0 Å². The van der Waals surface area contributed by atoms with Crippen molar-refractivity contribution in [3.05, 3.63) is 47.2 Å². The Morgan fingerprint density at radius 2 is 1.89 bits per heavy atom. The van der Waals surface area contributed by atoms with E-state index in [-0.39, 0.29) is 5.56 Å². The van der Waals surface area contributed by atoms with E-state index in [2.05, 4.69) is 0 Å². The second-order valence-corrected chi connectivity index (χ2v) is 4.12. The van der Waals surface area contributed by atoms with Crippen LogP contribution in [0.25, 0.3) is 0 Å². The van der Waals surface area contributed by atoms with Crippen molar-refractivity contribution in [3.63, 3.8) is 0 Å². The highest BCUT2D eigenvalue weighted by molar-refractivity contribution is 6.04. The fraction of sp³-hybridized carbons (Fsp3) is 0.308. The maximum absolute atomic E-state index is 12.5. The SMILES string of the molecule is C/C(=C\C(=O)c1cccc(C(F)(F)F)c1)N(C)C. The van der Waals surface area contributed by atoms with E-state index in [0.717, 1.165) is 12.1 Å². The van der Waals surface area contributed by atoms with E-state index in [1.165, 1.54) is 18.2 Å². The molecule has 0 fully saturated rings. The fourth-order valence-electron chi connectivity index (χ4n) is 1.25. The average Bonchev–Trinajstić information content (AvgIpc) is 2.27. The van der Waals surface area contributed by atoms with Crippen LogP contribution in [0.2, 0.25) is 0 Å². The Morgan fingerprint density at radius 1 is 1.28 bits per heavy atom. The number of rotatable bonds is 3. The van der Waals surface area contributed by atoms with E-state index in [1.54, 1.807) is 25.9 Å². The van der Waals surface area contributed by atoms with Gasteiger partial charge in [-0.3, -0.25) is 4.79 Å². The van der Waals surface area contributed by atoms with E-state index in [1.807, 2.05) is 0 Å². The molecule has 0 radical (unpaired) electrons. The van der Waals surface area contributed by atoms with Crippen molar-refractivity contribution in [1.82, 2.24) is 4.90 Å². The quantitative estimate of drug-likeness (QED) is 0.611. The van der Waals surface area contributed by atoms with E-state index in [4.69, 9.17) is 0 Å². The van der Waals surface area contributed by atoms with Crippen molar-refractivity contribution in [1.29, 1.82) is 0 Å². The smallest absolute Gasteiger partial charge is 0.381 e. The second kappa shape index (κ2) is 5.25. The molecule has 0 heterocycles. The van der Waals surface area contributed by atoms with Crippen LogP contribution in [0, 0.1) is 0 Å². The van der Waals surface area contributed by atoms with E-state index in [9.17, 15) is 18.0 Å². The summed E-state index contributed by atoms with van der Waals surface area (Å²) in [4.78, 5) is 13.5. The summed E-state index contributed by atoms with van der Waals surface area (Å²) < 4.78 is 37.5. The van der Waals surface area contributed by atoms with Crippen LogP contribution in [0.1, 0.15) is 22.8 Å². The van der Waals surface area contributed by atoms with Gasteiger partial charge in [0.1, 0.15) is 0 Å². The number of nitrogens with zero attached hydrogens (tertiary/aromatic N) is 1. The summed E-state index contributed by atoms with van der Waals surface area (Å²) in [6, 6.07) is 4.41. The lowest BCUT2D eigenvalue weighted by atomic mass is 10.1. The lowest BCUT2D eigenvalue weighted by Gasteiger charge is -2.12. The molecule has 0 aliphatic heterocycles. The molecule has 0 spiro atoms. The molecule has 0 saturated carbocycles. The Balaban J connectivity index is 3.05. The van der Waals surface area contributed by atoms with E-state index in [0.29, 0.717) is 5.70 Å². The van der Waals surface area contributed by atoms with Gasteiger partial charge in [-0.25, -0.2) is 0 Å². The van der Waals surface area contributed by atoms with Crippen LogP contribution in [-0.2, 0) is 6.18 Å². The van der Waals surface area contributed by atoms with Gasteiger partial charge >= 0.3 is 6.18 Å². The van der Waals surface area contributed by atoms with Crippen LogP contribution in [0.3, 0.4) is 0 Å². The molecule has 0 unspecified atom stereocenters. The molecular weight excluding hydrogens is 243 g/mol. The zero-order valence-electron chi connectivity index (χ0n) is 10.4. The lowest BCUT2D eigenvalue weighted by molar-refractivity contribution is -0.137. The minimum Gasteiger partial charge on any atom is -0.381 e. The van der Waals surface area contributed by atoms with Crippen molar-refractivity contribution in [2.45, 2.75) is 13.1 Å². The molecule has 98 valence electrons. The summed E-state index contributed by atoms with van der Waals surface area (Å²) in [6.45, 7) is 1.71. The molecule has 1 aromatic carbocycles. The lowest BCUT2D eigenvalue weighted by Crippen LogP contribution is -2.11. The van der Waals surface area contributed by atoms with Gasteiger partial charge in [0.05, 0.1) is 5.56 Å². The summed E-state index contributed by atoms with van der Waals surface area (Å²) in [5.41, 5.74) is -0.104. The molecule has 0 aromatic heterocycles. The molecule has 0 atom stereocenters. The number of hydrogen-bond donors (Lipinski definition) is 0. The van der Waals surface area contributed by atoms with Gasteiger partial charge in [-0.05, 0) is 19.1 Å². The standard InChI is InChI=1S/C13H14F3NO/c1-9(17(2)3)7-12(18)10-5-4-6-11(8-10)13(14,15)16/h4-8H,1-3H3/b9-7+. The maximum Gasteiger partial charge on any atom is 0.416 e. The highest BCUT2D eigenvalue weighted by atomic mass is 19.4. The van der Waals surface area contributed by atoms with Crippen LogP contribution in [0.5, 0.6) is 0 Å². The zero-order valence-corrected chi connectivity index (χ0v) is 10.4. The molecule has 2 nitrogen and oxygen atoms in total. The Hall–Kier alpha value is -1.78. The van der Waals surface area contributed by atoms with E-state index < -0.39 is 17.5 Å². The number of carbonyl (C=O) groups excluding carboxylic acids is 1. The fourth-order valence-corrected chi connectivity index (χ4v) is 1.25. The summed E-state index contributed by atoms with van der Waals surface area (Å²) >= 11 is 0. The summed E-state index contributed by atoms with van der Waals surface area (Å²) in [6.07, 6.45) is -3.12. The van der Waals surface area contributed by atoms with Crippen LogP contribution in [0.4, 0.5) is 13.2 Å². The summed E-state index contributed by atoms with van der Waals surface area (Å²) in [7, 11) is 3.51. The first-order valence-electron chi connectivity index (χ1n) is 5.29. The number of hydrogen-bond acceptors (Lipinski definition) is 2. The summed E-state index contributed by atoms with van der Waals surface area (Å²) in [5, 5.41) is 0. The first-order valence-corrected chi connectivity index (χ1v) is 5.29. The number of halogens is 3. The third-order valence-corrected chi connectivity index (χ3v) is 2.52. The monoisotopic (exact) mass is 257 g/mol. The maximum atomic E-state index is 12.5. The van der Waals surface area contributed by atoms with Crippen LogP contribution in [0.15, 0.2) is 36.0 Å². The van der Waals surface area contributed by atoms with Gasteiger partial charge < -0.3 is 4.90 Å². The minimum absolute atomic E-state index is 0.0334. The minimum atomic E-state index is -4.43. The van der Waals surface area contributed by atoms with Gasteiger partial charge in [0.25, 0.3) is 0 Å². The molecule has 0 aliphatic carbocycles. The summed E-state index contributed by atoms with van der Waals surface area (Å²) in [5.74, 6) is -0.438. The molecule has 1 rings (SSSR count). The molecule has 18 heavy (non-hydrogen) atoms. The highest BCUT2D eigenvalue weighted by Gasteiger charge is 2.30. The van der Waals surface area contributed by atoms with Crippen molar-refractivity contribution in [2.24, 2.45) is 0 Å². The Bertz CT molecular complexity index is 475. The van der Waals surface area contributed by atoms with Gasteiger partial charge in [-0.1, -0.05) is 12.1 Å². The Kier molecular flexibility index (Phi) is 4.16. The number of alkyl halides is 3.